The van der Waals surface area contributed by atoms with Gasteiger partial charge in [0.05, 0.1) is 36.4 Å². The number of ether oxygens (including phenoxy) is 2. The van der Waals surface area contributed by atoms with Crippen molar-refractivity contribution in [3.05, 3.63) is 34.2 Å². The van der Waals surface area contributed by atoms with Crippen LogP contribution in [-0.4, -0.2) is 18.7 Å². The van der Waals surface area contributed by atoms with Gasteiger partial charge in [-0.05, 0) is 12.1 Å². The van der Waals surface area contributed by atoms with Gasteiger partial charge in [0.2, 0.25) is 0 Å². The number of rotatable bonds is 1. The first kappa shape index (κ1) is 11.7. The van der Waals surface area contributed by atoms with Gasteiger partial charge >= 0.3 is 0 Å². The summed E-state index contributed by atoms with van der Waals surface area (Å²) < 4.78 is 24.4. The summed E-state index contributed by atoms with van der Waals surface area (Å²) in [6, 6.07) is 2.90. The average Bonchev–Trinajstić information content (AvgIpc) is 2.40. The van der Waals surface area contributed by atoms with Crippen LogP contribution in [0.15, 0.2) is 12.1 Å². The Balaban J connectivity index is 2.41. The standard InChI is InChI=1S/C13H11ClFNO2/c1-17-10-3-2-8(15)13-11(10)12(14)7-6-18-5-4-9(7)16-13/h2-3H,4-6H2,1H3. The summed E-state index contributed by atoms with van der Waals surface area (Å²) in [5.41, 5.74) is 1.91. The molecule has 3 nitrogen and oxygen atoms in total. The Morgan fingerprint density at radius 2 is 2.28 bits per heavy atom. The lowest BCUT2D eigenvalue weighted by Gasteiger charge is -2.19. The van der Waals surface area contributed by atoms with Crippen LogP contribution >= 0.6 is 11.6 Å². The molecule has 0 spiro atoms. The van der Waals surface area contributed by atoms with E-state index in [1.54, 1.807) is 6.07 Å². The molecule has 0 aliphatic carbocycles. The molecule has 3 rings (SSSR count). The fraction of sp³-hybridized carbons (Fsp3) is 0.308. The van der Waals surface area contributed by atoms with Crippen molar-refractivity contribution in [2.24, 2.45) is 0 Å². The van der Waals surface area contributed by atoms with E-state index in [0.29, 0.717) is 35.8 Å². The van der Waals surface area contributed by atoms with E-state index in [1.165, 1.54) is 13.2 Å². The molecular weight excluding hydrogens is 257 g/mol. The molecule has 18 heavy (non-hydrogen) atoms. The summed E-state index contributed by atoms with van der Waals surface area (Å²) in [7, 11) is 1.53. The van der Waals surface area contributed by atoms with Crippen LogP contribution in [0.5, 0.6) is 5.75 Å². The highest BCUT2D eigenvalue weighted by Gasteiger charge is 2.21. The third-order valence-corrected chi connectivity index (χ3v) is 3.54. The monoisotopic (exact) mass is 267 g/mol. The third kappa shape index (κ3) is 1.64. The van der Waals surface area contributed by atoms with Crippen molar-refractivity contribution in [2.75, 3.05) is 13.7 Å². The molecule has 0 saturated heterocycles. The van der Waals surface area contributed by atoms with Gasteiger partial charge in [-0.1, -0.05) is 11.6 Å². The predicted molar refractivity (Wildman–Crippen MR) is 66.6 cm³/mol. The predicted octanol–water partition coefficient (Wildman–Crippen LogP) is 3.11. The molecule has 2 heterocycles. The van der Waals surface area contributed by atoms with Gasteiger partial charge in [0.15, 0.2) is 0 Å². The van der Waals surface area contributed by atoms with Crippen molar-refractivity contribution in [1.29, 1.82) is 0 Å². The number of hydrogen-bond acceptors (Lipinski definition) is 3. The Kier molecular flexibility index (Phi) is 2.84. The molecular formula is C13H11ClFNO2. The van der Waals surface area contributed by atoms with Crippen molar-refractivity contribution in [2.45, 2.75) is 13.0 Å². The molecule has 2 aromatic rings. The van der Waals surface area contributed by atoms with Crippen LogP contribution in [0, 0.1) is 5.82 Å². The minimum absolute atomic E-state index is 0.264. The molecule has 5 heteroatoms. The topological polar surface area (TPSA) is 31.4 Å². The number of nitrogens with zero attached hydrogens (tertiary/aromatic N) is 1. The minimum atomic E-state index is -0.387. The smallest absolute Gasteiger partial charge is 0.149 e. The Morgan fingerprint density at radius 1 is 1.44 bits per heavy atom. The summed E-state index contributed by atoms with van der Waals surface area (Å²) in [5.74, 6) is 0.138. The van der Waals surface area contributed by atoms with E-state index in [4.69, 9.17) is 21.1 Å². The molecule has 0 fully saturated rings. The lowest BCUT2D eigenvalue weighted by molar-refractivity contribution is 0.109. The quantitative estimate of drug-likeness (QED) is 0.796. The van der Waals surface area contributed by atoms with Crippen LogP contribution in [0.1, 0.15) is 11.3 Å². The molecule has 1 aromatic carbocycles. The fourth-order valence-corrected chi connectivity index (χ4v) is 2.56. The molecule has 0 N–H and O–H groups in total. The maximum absolute atomic E-state index is 13.8. The Hall–Kier alpha value is -1.39. The summed E-state index contributed by atoms with van der Waals surface area (Å²) >= 11 is 6.35. The number of fused-ring (bicyclic) bond motifs is 2. The van der Waals surface area contributed by atoms with Crippen LogP contribution in [0.2, 0.25) is 5.02 Å². The number of aromatic nitrogens is 1. The maximum atomic E-state index is 13.8. The number of hydrogen-bond donors (Lipinski definition) is 0. The number of pyridine rings is 1. The Bertz CT molecular complexity index is 630. The second-order valence-corrected chi connectivity index (χ2v) is 4.50. The molecule has 0 unspecified atom stereocenters. The van der Waals surface area contributed by atoms with Crippen LogP contribution in [0.25, 0.3) is 10.9 Å². The van der Waals surface area contributed by atoms with Crippen molar-refractivity contribution >= 4 is 22.5 Å². The average molecular weight is 268 g/mol. The number of halogens is 2. The molecule has 1 aromatic heterocycles. The van der Waals surface area contributed by atoms with Crippen LogP contribution in [0.4, 0.5) is 4.39 Å². The van der Waals surface area contributed by atoms with Crippen molar-refractivity contribution in [1.82, 2.24) is 4.98 Å². The normalized spacial score (nSPS) is 14.6. The highest BCUT2D eigenvalue weighted by Crippen LogP contribution is 2.37. The number of methoxy groups -OCH3 is 1. The van der Waals surface area contributed by atoms with Gasteiger partial charge in [-0.3, -0.25) is 0 Å². The molecule has 0 amide bonds. The van der Waals surface area contributed by atoms with E-state index >= 15 is 0 Å². The summed E-state index contributed by atoms with van der Waals surface area (Å²) in [4.78, 5) is 4.37. The molecule has 0 saturated carbocycles. The van der Waals surface area contributed by atoms with E-state index in [2.05, 4.69) is 4.98 Å². The van der Waals surface area contributed by atoms with Gasteiger partial charge in [-0.15, -0.1) is 0 Å². The summed E-state index contributed by atoms with van der Waals surface area (Å²) in [5, 5.41) is 0.995. The molecule has 0 bridgehead atoms. The van der Waals surface area contributed by atoms with E-state index in [1.807, 2.05) is 0 Å². The first-order valence-corrected chi connectivity index (χ1v) is 6.01. The van der Waals surface area contributed by atoms with Crippen molar-refractivity contribution in [3.8, 4) is 5.75 Å². The Morgan fingerprint density at radius 3 is 3.06 bits per heavy atom. The first-order valence-electron chi connectivity index (χ1n) is 5.63. The van der Waals surface area contributed by atoms with Gasteiger partial charge in [0.25, 0.3) is 0 Å². The van der Waals surface area contributed by atoms with Crippen LogP contribution in [-0.2, 0) is 17.8 Å². The summed E-state index contributed by atoms with van der Waals surface area (Å²) in [6.07, 6.45) is 0.654. The SMILES string of the molecule is COc1ccc(F)c2nc3c(c(Cl)c12)COCC3. The molecule has 1 aliphatic rings. The van der Waals surface area contributed by atoms with E-state index in [9.17, 15) is 4.39 Å². The molecule has 0 atom stereocenters. The van der Waals surface area contributed by atoms with Gasteiger partial charge in [0, 0.05) is 12.0 Å². The van der Waals surface area contributed by atoms with Crippen LogP contribution in [0.3, 0.4) is 0 Å². The maximum Gasteiger partial charge on any atom is 0.149 e. The van der Waals surface area contributed by atoms with E-state index < -0.39 is 0 Å². The van der Waals surface area contributed by atoms with Gasteiger partial charge in [-0.25, -0.2) is 9.37 Å². The molecule has 1 aliphatic heterocycles. The van der Waals surface area contributed by atoms with Gasteiger partial charge in [0.1, 0.15) is 17.1 Å². The molecule has 0 radical (unpaired) electrons. The van der Waals surface area contributed by atoms with Crippen molar-refractivity contribution < 1.29 is 13.9 Å². The van der Waals surface area contributed by atoms with Crippen LogP contribution < -0.4 is 4.74 Å². The van der Waals surface area contributed by atoms with Gasteiger partial charge in [-0.2, -0.15) is 0 Å². The summed E-state index contributed by atoms with van der Waals surface area (Å²) in [6.45, 7) is 1.00. The second kappa shape index (κ2) is 4.37. The van der Waals surface area contributed by atoms with Crippen molar-refractivity contribution in [3.63, 3.8) is 0 Å². The zero-order chi connectivity index (χ0) is 12.7. The Labute approximate surface area is 108 Å². The fourth-order valence-electron chi connectivity index (χ4n) is 2.22. The van der Waals surface area contributed by atoms with E-state index in [-0.39, 0.29) is 11.3 Å². The highest BCUT2D eigenvalue weighted by atomic mass is 35.5. The highest BCUT2D eigenvalue weighted by molar-refractivity contribution is 6.36. The van der Waals surface area contributed by atoms with Gasteiger partial charge < -0.3 is 9.47 Å². The zero-order valence-electron chi connectivity index (χ0n) is 9.80. The third-order valence-electron chi connectivity index (χ3n) is 3.12. The largest absolute Gasteiger partial charge is 0.496 e. The second-order valence-electron chi connectivity index (χ2n) is 4.13. The lowest BCUT2D eigenvalue weighted by atomic mass is 10.1. The first-order chi connectivity index (χ1) is 8.72. The molecule has 94 valence electrons. The van der Waals surface area contributed by atoms with E-state index in [0.717, 1.165) is 11.3 Å². The number of benzene rings is 1. The zero-order valence-corrected chi connectivity index (χ0v) is 10.6. The lowest BCUT2D eigenvalue weighted by Crippen LogP contribution is -2.13. The minimum Gasteiger partial charge on any atom is -0.496 e.